The van der Waals surface area contributed by atoms with Crippen molar-refractivity contribution in [3.8, 4) is 0 Å². The maximum absolute atomic E-state index is 11.3. The van der Waals surface area contributed by atoms with Gasteiger partial charge in [0.2, 0.25) is 0 Å². The summed E-state index contributed by atoms with van der Waals surface area (Å²) in [5.41, 5.74) is 7.56. The monoisotopic (exact) mass is 302 g/mol. The zero-order chi connectivity index (χ0) is 14.1. The van der Waals surface area contributed by atoms with Crippen molar-refractivity contribution in [1.82, 2.24) is 4.98 Å². The van der Waals surface area contributed by atoms with Crippen molar-refractivity contribution in [1.29, 1.82) is 0 Å². The van der Waals surface area contributed by atoms with E-state index in [1.54, 1.807) is 6.20 Å². The molecule has 0 aliphatic heterocycles. The first kappa shape index (κ1) is 13.1. The van der Waals surface area contributed by atoms with Crippen molar-refractivity contribution in [3.63, 3.8) is 0 Å². The Bertz CT molecular complexity index is 780. The van der Waals surface area contributed by atoms with Crippen LogP contribution in [0, 0.1) is 0 Å². The highest BCUT2D eigenvalue weighted by Gasteiger charge is 2.10. The third-order valence-corrected chi connectivity index (χ3v) is 4.42. The molecule has 2 heterocycles. The summed E-state index contributed by atoms with van der Waals surface area (Å²) in [6.07, 6.45) is 4.34. The van der Waals surface area contributed by atoms with E-state index in [9.17, 15) is 4.79 Å². The van der Waals surface area contributed by atoms with E-state index in [0.29, 0.717) is 4.88 Å². The standard InChI is InChI=1S/C15H11ClN2OS/c16-11-3-1-9(2-4-11)5-10-7-18-8-14-12(10)6-13(20-14)15(17)19/h1-4,6-8H,5H2,(H2,17,19). The number of amides is 1. The molecule has 3 rings (SSSR count). The number of thiophene rings is 1. The fraction of sp³-hybridized carbons (Fsp3) is 0.0667. The fourth-order valence-corrected chi connectivity index (χ4v) is 3.15. The Balaban J connectivity index is 2.02. The Morgan fingerprint density at radius 3 is 2.70 bits per heavy atom. The Kier molecular flexibility index (Phi) is 3.42. The summed E-state index contributed by atoms with van der Waals surface area (Å²) >= 11 is 7.26. The van der Waals surface area contributed by atoms with Gasteiger partial charge in [0.05, 0.1) is 9.58 Å². The van der Waals surface area contributed by atoms with E-state index in [-0.39, 0.29) is 0 Å². The minimum absolute atomic E-state index is 0.399. The van der Waals surface area contributed by atoms with Crippen molar-refractivity contribution < 1.29 is 4.79 Å². The lowest BCUT2D eigenvalue weighted by Gasteiger charge is -2.03. The van der Waals surface area contributed by atoms with E-state index < -0.39 is 5.91 Å². The predicted molar refractivity (Wildman–Crippen MR) is 82.4 cm³/mol. The van der Waals surface area contributed by atoms with Crippen LogP contribution in [-0.4, -0.2) is 10.9 Å². The van der Waals surface area contributed by atoms with Gasteiger partial charge in [-0.3, -0.25) is 9.78 Å². The Hall–Kier alpha value is -1.91. The second-order valence-corrected chi connectivity index (χ2v) is 6.01. The molecule has 3 nitrogen and oxygen atoms in total. The van der Waals surface area contributed by atoms with Crippen LogP contribution in [0.15, 0.2) is 42.7 Å². The molecule has 100 valence electrons. The van der Waals surface area contributed by atoms with E-state index in [4.69, 9.17) is 17.3 Å². The third-order valence-electron chi connectivity index (χ3n) is 3.08. The number of carbonyl (C=O) groups is 1. The molecule has 0 saturated carbocycles. The van der Waals surface area contributed by atoms with Gasteiger partial charge in [0.25, 0.3) is 5.91 Å². The van der Waals surface area contributed by atoms with Gasteiger partial charge in [-0.25, -0.2) is 0 Å². The molecule has 0 aliphatic carbocycles. The number of hydrogen-bond acceptors (Lipinski definition) is 3. The molecule has 0 radical (unpaired) electrons. The molecule has 0 bridgehead atoms. The zero-order valence-corrected chi connectivity index (χ0v) is 12.0. The number of hydrogen-bond donors (Lipinski definition) is 1. The summed E-state index contributed by atoms with van der Waals surface area (Å²) in [4.78, 5) is 16.1. The first-order valence-electron chi connectivity index (χ1n) is 6.04. The molecule has 0 unspecified atom stereocenters. The number of benzene rings is 1. The van der Waals surface area contributed by atoms with Crippen LogP contribution >= 0.6 is 22.9 Å². The van der Waals surface area contributed by atoms with E-state index in [1.807, 2.05) is 36.5 Å². The number of halogens is 1. The number of carbonyl (C=O) groups excluding carboxylic acids is 1. The average molecular weight is 303 g/mol. The van der Waals surface area contributed by atoms with Crippen LogP contribution in [0.5, 0.6) is 0 Å². The number of aromatic nitrogens is 1. The summed E-state index contributed by atoms with van der Waals surface area (Å²) in [7, 11) is 0. The van der Waals surface area contributed by atoms with Gasteiger partial charge in [-0.05, 0) is 41.1 Å². The summed E-state index contributed by atoms with van der Waals surface area (Å²) < 4.78 is 0.977. The van der Waals surface area contributed by atoms with Gasteiger partial charge in [-0.2, -0.15) is 0 Å². The Morgan fingerprint density at radius 1 is 1.25 bits per heavy atom. The zero-order valence-electron chi connectivity index (χ0n) is 10.5. The van der Waals surface area contributed by atoms with Crippen molar-refractivity contribution in [2.75, 3.05) is 0 Å². The molecule has 0 saturated heterocycles. The van der Waals surface area contributed by atoms with Gasteiger partial charge in [-0.1, -0.05) is 23.7 Å². The minimum atomic E-state index is -0.399. The summed E-state index contributed by atoms with van der Waals surface area (Å²) in [5.74, 6) is -0.399. The van der Waals surface area contributed by atoms with Crippen LogP contribution in [0.3, 0.4) is 0 Å². The highest BCUT2D eigenvalue weighted by molar-refractivity contribution is 7.20. The predicted octanol–water partition coefficient (Wildman–Crippen LogP) is 3.64. The molecular formula is C15H11ClN2OS. The van der Waals surface area contributed by atoms with Crippen LogP contribution in [-0.2, 0) is 6.42 Å². The number of nitrogens with zero attached hydrogens (tertiary/aromatic N) is 1. The number of rotatable bonds is 3. The van der Waals surface area contributed by atoms with Crippen LogP contribution in [0.25, 0.3) is 10.1 Å². The Labute approximate surface area is 125 Å². The van der Waals surface area contributed by atoms with Gasteiger partial charge in [-0.15, -0.1) is 11.3 Å². The SMILES string of the molecule is NC(=O)c1cc2c(Cc3ccc(Cl)cc3)cncc2s1. The van der Waals surface area contributed by atoms with Crippen molar-refractivity contribution >= 4 is 38.9 Å². The molecule has 1 aromatic carbocycles. The number of primary amides is 1. The average Bonchev–Trinajstić information content (AvgIpc) is 2.87. The third kappa shape index (κ3) is 2.53. The highest BCUT2D eigenvalue weighted by atomic mass is 35.5. The molecule has 2 aromatic heterocycles. The summed E-state index contributed by atoms with van der Waals surface area (Å²) in [6.45, 7) is 0. The normalized spacial score (nSPS) is 10.8. The quantitative estimate of drug-likeness (QED) is 0.803. The van der Waals surface area contributed by atoms with Crippen LogP contribution < -0.4 is 5.73 Å². The largest absolute Gasteiger partial charge is 0.365 e. The fourth-order valence-electron chi connectivity index (χ4n) is 2.10. The molecule has 2 N–H and O–H groups in total. The lowest BCUT2D eigenvalue weighted by atomic mass is 10.0. The van der Waals surface area contributed by atoms with Gasteiger partial charge < -0.3 is 5.73 Å². The van der Waals surface area contributed by atoms with E-state index in [0.717, 1.165) is 32.7 Å². The molecule has 1 amide bonds. The molecule has 0 atom stereocenters. The molecule has 0 spiro atoms. The van der Waals surface area contributed by atoms with Gasteiger partial charge in [0.1, 0.15) is 0 Å². The van der Waals surface area contributed by atoms with Gasteiger partial charge >= 0.3 is 0 Å². The van der Waals surface area contributed by atoms with Crippen LogP contribution in [0.1, 0.15) is 20.8 Å². The molecule has 5 heteroatoms. The van der Waals surface area contributed by atoms with Crippen LogP contribution in [0.2, 0.25) is 5.02 Å². The maximum atomic E-state index is 11.3. The second kappa shape index (κ2) is 5.23. The lowest BCUT2D eigenvalue weighted by Crippen LogP contribution is -2.08. The summed E-state index contributed by atoms with van der Waals surface area (Å²) in [5, 5.41) is 1.75. The molecular weight excluding hydrogens is 292 g/mol. The molecule has 0 aliphatic rings. The molecule has 20 heavy (non-hydrogen) atoms. The van der Waals surface area contributed by atoms with Crippen molar-refractivity contribution in [2.45, 2.75) is 6.42 Å². The highest BCUT2D eigenvalue weighted by Crippen LogP contribution is 2.28. The number of fused-ring (bicyclic) bond motifs is 1. The second-order valence-electron chi connectivity index (χ2n) is 4.49. The van der Waals surface area contributed by atoms with E-state index in [1.165, 1.54) is 11.3 Å². The maximum Gasteiger partial charge on any atom is 0.258 e. The van der Waals surface area contributed by atoms with E-state index >= 15 is 0 Å². The minimum Gasteiger partial charge on any atom is -0.365 e. The topological polar surface area (TPSA) is 56.0 Å². The molecule has 0 fully saturated rings. The smallest absolute Gasteiger partial charge is 0.258 e. The van der Waals surface area contributed by atoms with Gasteiger partial charge in [0.15, 0.2) is 0 Å². The van der Waals surface area contributed by atoms with Gasteiger partial charge in [0, 0.05) is 17.4 Å². The molecule has 3 aromatic rings. The number of nitrogens with two attached hydrogens (primary N) is 1. The van der Waals surface area contributed by atoms with Crippen molar-refractivity contribution in [2.24, 2.45) is 5.73 Å². The van der Waals surface area contributed by atoms with Crippen molar-refractivity contribution in [3.05, 3.63) is 63.8 Å². The van der Waals surface area contributed by atoms with E-state index in [2.05, 4.69) is 4.98 Å². The lowest BCUT2D eigenvalue weighted by molar-refractivity contribution is 0.100. The summed E-state index contributed by atoms with van der Waals surface area (Å²) in [6, 6.07) is 9.56. The first-order valence-corrected chi connectivity index (χ1v) is 7.23. The first-order chi connectivity index (χ1) is 9.63. The number of pyridine rings is 1. The van der Waals surface area contributed by atoms with Crippen LogP contribution in [0.4, 0.5) is 0 Å². The Morgan fingerprint density at radius 2 is 2.00 bits per heavy atom.